The van der Waals surface area contributed by atoms with Gasteiger partial charge in [0.25, 0.3) is 5.19 Å². The summed E-state index contributed by atoms with van der Waals surface area (Å²) >= 11 is 1.54. The molecule has 0 saturated carbocycles. The molecule has 7 nitrogen and oxygen atoms in total. The van der Waals surface area contributed by atoms with E-state index in [9.17, 15) is 4.79 Å². The quantitative estimate of drug-likeness (QED) is 0.400. The Kier molecular flexibility index (Phi) is 5.48. The first-order valence-corrected chi connectivity index (χ1v) is 11.2. The fourth-order valence-corrected chi connectivity index (χ4v) is 4.93. The standard InChI is InChI=1S/C23H23N3O4S/c27-23(28)30-16-8-11-26(12-9-16)10-7-15-14-24-19-6-5-17(13-18(15)19)29-22-25-20-3-1-2-4-21(20)31-22/h1-6,13-14,16,24H,7-12H2,(H,27,28). The van der Waals surface area contributed by atoms with Gasteiger partial charge in [-0.25, -0.2) is 9.78 Å². The van der Waals surface area contributed by atoms with Crippen molar-refractivity contribution in [2.24, 2.45) is 0 Å². The maximum atomic E-state index is 10.7. The number of benzene rings is 2. The monoisotopic (exact) mass is 437 g/mol. The number of carboxylic acid groups (broad SMARTS) is 1. The summed E-state index contributed by atoms with van der Waals surface area (Å²) in [5.74, 6) is 0.777. The van der Waals surface area contributed by atoms with Crippen LogP contribution in [0.4, 0.5) is 4.79 Å². The molecule has 1 aliphatic rings. The van der Waals surface area contributed by atoms with E-state index in [0.29, 0.717) is 5.19 Å². The van der Waals surface area contributed by atoms with E-state index in [4.69, 9.17) is 14.6 Å². The minimum absolute atomic E-state index is 0.177. The molecule has 31 heavy (non-hydrogen) atoms. The van der Waals surface area contributed by atoms with Crippen LogP contribution in [-0.4, -0.2) is 51.9 Å². The van der Waals surface area contributed by atoms with Gasteiger partial charge >= 0.3 is 6.16 Å². The van der Waals surface area contributed by atoms with Crippen LogP contribution in [0.25, 0.3) is 21.1 Å². The third kappa shape index (κ3) is 4.50. The highest BCUT2D eigenvalue weighted by molar-refractivity contribution is 7.20. The highest BCUT2D eigenvalue weighted by Gasteiger charge is 2.22. The van der Waals surface area contributed by atoms with Crippen molar-refractivity contribution < 1.29 is 19.4 Å². The number of hydrogen-bond donors (Lipinski definition) is 2. The molecule has 0 spiro atoms. The number of hydrogen-bond acceptors (Lipinski definition) is 6. The second-order valence-electron chi connectivity index (χ2n) is 7.75. The van der Waals surface area contributed by atoms with Gasteiger partial charge in [0.05, 0.1) is 10.2 Å². The zero-order valence-electron chi connectivity index (χ0n) is 16.9. The smallest absolute Gasteiger partial charge is 0.450 e. The first-order valence-electron chi connectivity index (χ1n) is 10.4. The lowest BCUT2D eigenvalue weighted by Gasteiger charge is -2.30. The van der Waals surface area contributed by atoms with E-state index in [0.717, 1.165) is 65.8 Å². The Balaban J connectivity index is 1.24. The number of piperidine rings is 1. The van der Waals surface area contributed by atoms with Crippen LogP contribution in [0.2, 0.25) is 0 Å². The molecule has 0 amide bonds. The SMILES string of the molecule is O=C(O)OC1CCN(CCc2c[nH]c3ccc(Oc4nc5ccccc5s4)cc23)CC1. The van der Waals surface area contributed by atoms with E-state index in [-0.39, 0.29) is 6.10 Å². The molecule has 2 N–H and O–H groups in total. The minimum atomic E-state index is -1.18. The molecular formula is C23H23N3O4S. The van der Waals surface area contributed by atoms with Crippen molar-refractivity contribution in [2.45, 2.75) is 25.4 Å². The number of carbonyl (C=O) groups is 1. The van der Waals surface area contributed by atoms with Crippen LogP contribution >= 0.6 is 11.3 Å². The first-order chi connectivity index (χ1) is 15.1. The number of likely N-dealkylation sites (tertiary alicyclic amines) is 1. The number of nitrogens with zero attached hydrogens (tertiary/aromatic N) is 2. The van der Waals surface area contributed by atoms with Crippen LogP contribution in [0.1, 0.15) is 18.4 Å². The van der Waals surface area contributed by atoms with Crippen molar-refractivity contribution in [3.05, 3.63) is 54.2 Å². The van der Waals surface area contributed by atoms with Crippen LogP contribution in [0.5, 0.6) is 10.9 Å². The zero-order valence-corrected chi connectivity index (χ0v) is 17.7. The molecule has 0 aliphatic carbocycles. The predicted octanol–water partition coefficient (Wildman–Crippen LogP) is 5.27. The van der Waals surface area contributed by atoms with Gasteiger partial charge in [-0.2, -0.15) is 0 Å². The number of ether oxygens (including phenoxy) is 2. The molecule has 160 valence electrons. The average Bonchev–Trinajstić information content (AvgIpc) is 3.36. The predicted molar refractivity (Wildman–Crippen MR) is 120 cm³/mol. The highest BCUT2D eigenvalue weighted by atomic mass is 32.1. The molecule has 4 aromatic rings. The van der Waals surface area contributed by atoms with Crippen molar-refractivity contribution in [1.82, 2.24) is 14.9 Å². The number of aromatic amines is 1. The molecule has 0 bridgehead atoms. The van der Waals surface area contributed by atoms with Crippen LogP contribution in [0.15, 0.2) is 48.7 Å². The Morgan fingerprint density at radius 3 is 2.87 bits per heavy atom. The first kappa shape index (κ1) is 19.8. The lowest BCUT2D eigenvalue weighted by molar-refractivity contribution is 0.0202. The van der Waals surface area contributed by atoms with E-state index in [1.807, 2.05) is 36.4 Å². The molecule has 1 aliphatic heterocycles. The summed E-state index contributed by atoms with van der Waals surface area (Å²) < 4.78 is 12.1. The number of para-hydroxylation sites is 1. The maximum absolute atomic E-state index is 10.7. The van der Waals surface area contributed by atoms with Crippen LogP contribution in [0, 0.1) is 0 Å². The fraction of sp³-hybridized carbons (Fsp3) is 0.304. The lowest BCUT2D eigenvalue weighted by atomic mass is 10.1. The third-order valence-corrected chi connectivity index (χ3v) is 6.63. The summed E-state index contributed by atoms with van der Waals surface area (Å²) in [4.78, 5) is 21.0. The summed E-state index contributed by atoms with van der Waals surface area (Å²) in [5.41, 5.74) is 3.28. The summed E-state index contributed by atoms with van der Waals surface area (Å²) in [6, 6.07) is 14.1. The zero-order chi connectivity index (χ0) is 21.2. The number of fused-ring (bicyclic) bond motifs is 2. The molecule has 2 aromatic heterocycles. The van der Waals surface area contributed by atoms with Gasteiger partial charge in [-0.1, -0.05) is 23.5 Å². The van der Waals surface area contributed by atoms with Crippen molar-refractivity contribution in [3.8, 4) is 10.9 Å². The molecule has 8 heteroatoms. The van der Waals surface area contributed by atoms with E-state index < -0.39 is 6.16 Å². The van der Waals surface area contributed by atoms with Crippen LogP contribution in [-0.2, 0) is 11.2 Å². The van der Waals surface area contributed by atoms with E-state index in [1.54, 1.807) is 11.3 Å². The van der Waals surface area contributed by atoms with Crippen molar-refractivity contribution in [3.63, 3.8) is 0 Å². The van der Waals surface area contributed by atoms with Gasteiger partial charge < -0.3 is 24.5 Å². The Bertz CT molecular complexity index is 1180. The van der Waals surface area contributed by atoms with Crippen molar-refractivity contribution in [1.29, 1.82) is 0 Å². The Morgan fingerprint density at radius 2 is 2.06 bits per heavy atom. The molecule has 5 rings (SSSR count). The number of aromatic nitrogens is 2. The molecule has 1 fully saturated rings. The molecule has 3 heterocycles. The van der Waals surface area contributed by atoms with Crippen LogP contribution in [0.3, 0.4) is 0 Å². The third-order valence-electron chi connectivity index (χ3n) is 5.72. The van der Waals surface area contributed by atoms with Crippen molar-refractivity contribution in [2.75, 3.05) is 19.6 Å². The second kappa shape index (κ2) is 8.56. The van der Waals surface area contributed by atoms with E-state index in [1.165, 1.54) is 5.56 Å². The van der Waals surface area contributed by atoms with Gasteiger partial charge in [-0.05, 0) is 55.2 Å². The number of nitrogens with one attached hydrogen (secondary N) is 1. The average molecular weight is 438 g/mol. The Morgan fingerprint density at radius 1 is 1.23 bits per heavy atom. The van der Waals surface area contributed by atoms with Gasteiger partial charge in [-0.15, -0.1) is 0 Å². The largest absolute Gasteiger partial charge is 0.506 e. The molecule has 1 saturated heterocycles. The molecule has 2 aromatic carbocycles. The van der Waals surface area contributed by atoms with E-state index in [2.05, 4.69) is 27.1 Å². The van der Waals surface area contributed by atoms with E-state index >= 15 is 0 Å². The number of thiazole rings is 1. The molecule has 0 radical (unpaired) electrons. The van der Waals surface area contributed by atoms with Gasteiger partial charge in [-0.3, -0.25) is 0 Å². The number of H-pyrrole nitrogens is 1. The van der Waals surface area contributed by atoms with Gasteiger partial charge in [0.1, 0.15) is 11.9 Å². The van der Waals surface area contributed by atoms with Gasteiger partial charge in [0.15, 0.2) is 0 Å². The summed E-state index contributed by atoms with van der Waals surface area (Å²) in [7, 11) is 0. The Labute approximate surface area is 183 Å². The normalized spacial score (nSPS) is 15.5. The summed E-state index contributed by atoms with van der Waals surface area (Å²) in [6.07, 6.45) is 3.12. The topological polar surface area (TPSA) is 87.7 Å². The summed E-state index contributed by atoms with van der Waals surface area (Å²) in [5, 5.41) is 10.6. The highest BCUT2D eigenvalue weighted by Crippen LogP contribution is 2.33. The molecular weight excluding hydrogens is 414 g/mol. The summed E-state index contributed by atoms with van der Waals surface area (Å²) in [6.45, 7) is 2.63. The lowest BCUT2D eigenvalue weighted by Crippen LogP contribution is -2.38. The maximum Gasteiger partial charge on any atom is 0.506 e. The molecule has 0 unspecified atom stereocenters. The van der Waals surface area contributed by atoms with Gasteiger partial charge in [0, 0.05) is 36.7 Å². The van der Waals surface area contributed by atoms with Crippen molar-refractivity contribution >= 4 is 38.6 Å². The second-order valence-corrected chi connectivity index (χ2v) is 8.74. The molecule has 0 atom stereocenters. The van der Waals surface area contributed by atoms with Gasteiger partial charge in [0.2, 0.25) is 0 Å². The minimum Gasteiger partial charge on any atom is -0.450 e. The number of rotatable bonds is 6. The van der Waals surface area contributed by atoms with Crippen LogP contribution < -0.4 is 4.74 Å². The Hall–Kier alpha value is -3.10. The fourth-order valence-electron chi connectivity index (χ4n) is 4.10.